The highest BCUT2D eigenvalue weighted by Gasteiger charge is 2.44. The van der Waals surface area contributed by atoms with Gasteiger partial charge in [0.1, 0.15) is 0 Å². The Morgan fingerprint density at radius 2 is 1.00 bits per heavy atom. The summed E-state index contributed by atoms with van der Waals surface area (Å²) in [7, 11) is 0. The normalized spacial score (nSPS) is 18.9. The molecule has 0 heterocycles. The highest BCUT2D eigenvalue weighted by molar-refractivity contribution is 5.96. The fraction of sp³-hybridized carbons (Fsp3) is 0.246. The van der Waals surface area contributed by atoms with E-state index in [4.69, 9.17) is 0 Å². The molecule has 0 spiro atoms. The van der Waals surface area contributed by atoms with Gasteiger partial charge in [0, 0.05) is 33.5 Å². The molecule has 0 nitrogen and oxygen atoms in total. The monoisotopic (exact) mass is 890 g/mol. The van der Waals surface area contributed by atoms with E-state index in [2.05, 4.69) is 237 Å². The topological polar surface area (TPSA) is 0 Å². The third-order valence-corrected chi connectivity index (χ3v) is 18.0. The molecule has 0 bridgehead atoms. The summed E-state index contributed by atoms with van der Waals surface area (Å²) >= 11 is 0. The van der Waals surface area contributed by atoms with Crippen LogP contribution in [0.1, 0.15) is 142 Å². The van der Waals surface area contributed by atoms with Crippen LogP contribution < -0.4 is 0 Å². The first-order chi connectivity index (χ1) is 33.2. The summed E-state index contributed by atoms with van der Waals surface area (Å²) < 4.78 is 0. The van der Waals surface area contributed by atoms with Crippen LogP contribution in [0.25, 0.3) is 55.6 Å². The van der Waals surface area contributed by atoms with E-state index in [1.165, 1.54) is 117 Å². The van der Waals surface area contributed by atoms with Crippen molar-refractivity contribution in [3.63, 3.8) is 0 Å². The predicted octanol–water partition coefficient (Wildman–Crippen LogP) is 18.2. The lowest BCUT2D eigenvalue weighted by Crippen LogP contribution is -2.18. The minimum absolute atomic E-state index is 0.0419. The first-order valence-electron chi connectivity index (χ1n) is 25.6. The van der Waals surface area contributed by atoms with Crippen LogP contribution in [-0.4, -0.2) is 0 Å². The van der Waals surface area contributed by atoms with Crippen molar-refractivity contribution in [3.8, 4) is 55.6 Å². The second kappa shape index (κ2) is 14.9. The second-order valence-corrected chi connectivity index (χ2v) is 23.1. The summed E-state index contributed by atoms with van der Waals surface area (Å²) in [5, 5.41) is 0. The van der Waals surface area contributed by atoms with E-state index in [1.807, 2.05) is 0 Å². The van der Waals surface area contributed by atoms with Crippen LogP contribution in [0.5, 0.6) is 0 Å². The van der Waals surface area contributed by atoms with Gasteiger partial charge >= 0.3 is 0 Å². The molecule has 0 N–H and O–H groups in total. The smallest absolute Gasteiger partial charge is 0.0159 e. The van der Waals surface area contributed by atoms with E-state index in [1.54, 1.807) is 5.57 Å². The molecule has 2 unspecified atom stereocenters. The summed E-state index contributed by atoms with van der Waals surface area (Å²) in [6.07, 6.45) is 8.31. The first kappa shape index (κ1) is 42.4. The van der Waals surface area contributed by atoms with Crippen LogP contribution in [0.4, 0.5) is 0 Å². The van der Waals surface area contributed by atoms with Gasteiger partial charge in [0.2, 0.25) is 0 Å². The Hall–Kier alpha value is -6.76. The van der Waals surface area contributed by atoms with Crippen LogP contribution in [0.3, 0.4) is 0 Å². The van der Waals surface area contributed by atoms with Crippen molar-refractivity contribution < 1.29 is 0 Å². The van der Waals surface area contributed by atoms with Gasteiger partial charge in [-0.15, -0.1) is 0 Å². The summed E-state index contributed by atoms with van der Waals surface area (Å²) in [5.41, 5.74) is 30.8. The predicted molar refractivity (Wildman–Crippen MR) is 291 cm³/mol. The minimum atomic E-state index is -0.175. The van der Waals surface area contributed by atoms with Gasteiger partial charge in [0.05, 0.1) is 0 Å². The van der Waals surface area contributed by atoms with Crippen LogP contribution >= 0.6 is 0 Å². The molecule has 5 aliphatic rings. The van der Waals surface area contributed by atoms with Crippen molar-refractivity contribution >= 4 is 0 Å². The summed E-state index contributed by atoms with van der Waals surface area (Å²) in [4.78, 5) is 0. The van der Waals surface area contributed by atoms with E-state index in [0.29, 0.717) is 5.92 Å². The zero-order chi connectivity index (χ0) is 47.2. The molecule has 69 heavy (non-hydrogen) atoms. The second-order valence-electron chi connectivity index (χ2n) is 23.1. The highest BCUT2D eigenvalue weighted by atomic mass is 14.5. The highest BCUT2D eigenvalue weighted by Crippen LogP contribution is 2.59. The SMILES string of the molecule is CC1(C)C2=CC(CCC(c3ccc4c(c3)C(C)(C)c3ccccc3-4)c3ccccc3-c3ccc4c(c3)C(C)(C)c3cc5c(cc3-4)C(C)(C)c3cccc(-c4ccccc4)c3-5)=CCC2c2ccccc21. The third-order valence-electron chi connectivity index (χ3n) is 18.0. The quantitative estimate of drug-likeness (QED) is 0.150. The molecule has 0 aromatic heterocycles. The van der Waals surface area contributed by atoms with Gasteiger partial charge in [-0.05, 0) is 149 Å². The van der Waals surface area contributed by atoms with E-state index in [-0.39, 0.29) is 27.6 Å². The summed E-state index contributed by atoms with van der Waals surface area (Å²) in [5.74, 6) is 0.696. The average Bonchev–Trinajstić information content (AvgIpc) is 3.93. The van der Waals surface area contributed by atoms with Crippen LogP contribution in [0.15, 0.2) is 193 Å². The molecule has 338 valence electrons. The Morgan fingerprint density at radius 1 is 0.420 bits per heavy atom. The molecular formula is C69H62. The van der Waals surface area contributed by atoms with Crippen LogP contribution in [0.2, 0.25) is 0 Å². The minimum Gasteiger partial charge on any atom is -0.0804 e. The standard InChI is InChI=1S/C69H62/c1-66(2)57-26-16-14-23-50(57)52-34-30-42(37-60(52)66)29-33-47(45-31-35-53-51-24-15-17-27-58(51)67(3,4)61(53)39-45)49-22-13-12-21-46(49)44-32-36-54-55-40-64-56(41-63(55)69(7,8)62(54)38-44)65-48(43-19-10-9-11-20-43)25-18-28-59(65)68(64,5)6/h9-28,30-32,35-41,47,52H,29,33-34H2,1-8H3. The fourth-order valence-electron chi connectivity index (χ4n) is 14.2. The molecule has 0 radical (unpaired) electrons. The zero-order valence-electron chi connectivity index (χ0n) is 41.6. The first-order valence-corrected chi connectivity index (χ1v) is 25.6. The van der Waals surface area contributed by atoms with E-state index < -0.39 is 0 Å². The molecule has 13 rings (SSSR count). The zero-order valence-corrected chi connectivity index (χ0v) is 41.6. The maximum Gasteiger partial charge on any atom is 0.0159 e. The van der Waals surface area contributed by atoms with Crippen molar-refractivity contribution in [1.29, 1.82) is 0 Å². The Balaban J connectivity index is 0.903. The Bertz CT molecular complexity index is 3520. The van der Waals surface area contributed by atoms with Gasteiger partial charge < -0.3 is 0 Å². The van der Waals surface area contributed by atoms with Crippen molar-refractivity contribution in [2.45, 2.75) is 108 Å². The summed E-state index contributed by atoms with van der Waals surface area (Å²) in [6.45, 7) is 19.5. The lowest BCUT2D eigenvalue weighted by atomic mass is 9.75. The van der Waals surface area contributed by atoms with Crippen LogP contribution in [0, 0.1) is 0 Å². The van der Waals surface area contributed by atoms with Crippen molar-refractivity contribution in [3.05, 3.63) is 249 Å². The number of hydrogen-bond acceptors (Lipinski definition) is 0. The number of benzene rings is 8. The number of hydrogen-bond donors (Lipinski definition) is 0. The molecule has 5 aliphatic carbocycles. The van der Waals surface area contributed by atoms with Crippen molar-refractivity contribution in [1.82, 2.24) is 0 Å². The van der Waals surface area contributed by atoms with Gasteiger partial charge in [-0.25, -0.2) is 0 Å². The molecule has 0 fully saturated rings. The van der Waals surface area contributed by atoms with Gasteiger partial charge in [-0.2, -0.15) is 0 Å². The number of rotatable bonds is 7. The Kier molecular flexibility index (Phi) is 9.13. The van der Waals surface area contributed by atoms with Gasteiger partial charge in [-0.1, -0.05) is 230 Å². The molecule has 8 aromatic rings. The Labute approximate surface area is 410 Å². The molecule has 0 saturated heterocycles. The molecule has 0 aliphatic heterocycles. The summed E-state index contributed by atoms with van der Waals surface area (Å²) in [6, 6.07) is 65.6. The van der Waals surface area contributed by atoms with Gasteiger partial charge in [0.15, 0.2) is 0 Å². The molecule has 0 heteroatoms. The molecule has 2 atom stereocenters. The van der Waals surface area contributed by atoms with E-state index in [0.717, 1.165) is 19.3 Å². The van der Waals surface area contributed by atoms with Gasteiger partial charge in [0.25, 0.3) is 0 Å². The van der Waals surface area contributed by atoms with Crippen molar-refractivity contribution in [2.75, 3.05) is 0 Å². The molecule has 0 saturated carbocycles. The van der Waals surface area contributed by atoms with E-state index in [9.17, 15) is 0 Å². The lowest BCUT2D eigenvalue weighted by molar-refractivity contribution is 0.605. The largest absolute Gasteiger partial charge is 0.0804 e. The van der Waals surface area contributed by atoms with E-state index >= 15 is 0 Å². The van der Waals surface area contributed by atoms with Crippen molar-refractivity contribution in [2.24, 2.45) is 0 Å². The average molecular weight is 891 g/mol. The molecule has 8 aromatic carbocycles. The molecule has 0 amide bonds. The lowest BCUT2D eigenvalue weighted by Gasteiger charge is -2.28. The number of fused-ring (bicyclic) bond motifs is 12. The maximum atomic E-state index is 2.60. The van der Waals surface area contributed by atoms with Gasteiger partial charge in [-0.3, -0.25) is 0 Å². The number of allylic oxidation sites excluding steroid dienone is 4. The maximum absolute atomic E-state index is 2.60. The Morgan fingerprint density at radius 3 is 1.83 bits per heavy atom. The fourth-order valence-corrected chi connectivity index (χ4v) is 14.2. The third kappa shape index (κ3) is 6.07. The van der Waals surface area contributed by atoms with Crippen LogP contribution in [-0.2, 0) is 21.7 Å². The molecular weight excluding hydrogens is 829 g/mol.